The third-order valence-corrected chi connectivity index (χ3v) is 4.42. The van der Waals surface area contributed by atoms with Gasteiger partial charge in [-0.2, -0.15) is 0 Å². The second-order valence-corrected chi connectivity index (χ2v) is 5.51. The van der Waals surface area contributed by atoms with Crippen LogP contribution in [0.1, 0.15) is 18.9 Å². The number of aliphatic hydroxyl groups excluding tert-OH is 1. The minimum Gasteiger partial charge on any atom is -0.394 e. The van der Waals surface area contributed by atoms with E-state index in [1.807, 2.05) is 12.1 Å². The van der Waals surface area contributed by atoms with Gasteiger partial charge in [0.05, 0.1) is 12.6 Å². The van der Waals surface area contributed by atoms with E-state index in [0.29, 0.717) is 12.5 Å². The molecule has 1 saturated heterocycles. The van der Waals surface area contributed by atoms with Gasteiger partial charge in [0, 0.05) is 28.8 Å². The zero-order chi connectivity index (χ0) is 12.4. The topological polar surface area (TPSA) is 49.5 Å². The quantitative estimate of drug-likeness (QED) is 0.899. The number of hydrogen-bond acceptors (Lipinski definition) is 3. The molecule has 1 aliphatic heterocycles. The molecule has 1 heterocycles. The molecule has 0 amide bonds. The smallest absolute Gasteiger partial charge is 0.0637 e. The Morgan fingerprint density at radius 3 is 2.94 bits per heavy atom. The lowest BCUT2D eigenvalue weighted by molar-refractivity contribution is 0.244. The van der Waals surface area contributed by atoms with Crippen LogP contribution in [0, 0.1) is 5.92 Å². The number of hydrogen-bond donors (Lipinski definition) is 2. The van der Waals surface area contributed by atoms with Crippen LogP contribution in [-0.2, 0) is 6.54 Å². The van der Waals surface area contributed by atoms with Gasteiger partial charge in [-0.05, 0) is 24.5 Å². The van der Waals surface area contributed by atoms with E-state index in [0.717, 1.165) is 28.7 Å². The third kappa shape index (κ3) is 2.34. The molecule has 1 aromatic rings. The Hall–Kier alpha value is -0.580. The fourth-order valence-electron chi connectivity index (χ4n) is 2.60. The van der Waals surface area contributed by atoms with E-state index in [4.69, 9.17) is 5.73 Å². The first-order chi connectivity index (χ1) is 8.19. The number of nitrogens with two attached hydrogens (primary N) is 1. The Morgan fingerprint density at radius 2 is 2.29 bits per heavy atom. The van der Waals surface area contributed by atoms with Crippen LogP contribution in [0.4, 0.5) is 5.69 Å². The molecular formula is C13H19BrN2O. The number of anilines is 1. The van der Waals surface area contributed by atoms with Crippen LogP contribution < -0.4 is 10.6 Å². The molecule has 4 heteroatoms. The molecule has 17 heavy (non-hydrogen) atoms. The predicted molar refractivity (Wildman–Crippen MR) is 74.0 cm³/mol. The number of nitrogens with zero attached hydrogens (tertiary/aromatic N) is 1. The maximum absolute atomic E-state index is 9.52. The monoisotopic (exact) mass is 298 g/mol. The van der Waals surface area contributed by atoms with Crippen LogP contribution in [0.2, 0.25) is 0 Å². The van der Waals surface area contributed by atoms with E-state index in [1.165, 1.54) is 0 Å². The molecule has 0 saturated carbocycles. The Kier molecular flexibility index (Phi) is 4.07. The summed E-state index contributed by atoms with van der Waals surface area (Å²) >= 11 is 3.54. The minimum atomic E-state index is 0.206. The Morgan fingerprint density at radius 1 is 1.53 bits per heavy atom. The number of halogens is 1. The Labute approximate surface area is 111 Å². The zero-order valence-electron chi connectivity index (χ0n) is 10.1. The fraction of sp³-hybridized carbons (Fsp3) is 0.538. The molecule has 0 aliphatic carbocycles. The van der Waals surface area contributed by atoms with Crippen LogP contribution in [-0.4, -0.2) is 24.3 Å². The second-order valence-electron chi connectivity index (χ2n) is 4.65. The maximum atomic E-state index is 9.52. The van der Waals surface area contributed by atoms with Crippen LogP contribution in [0.5, 0.6) is 0 Å². The van der Waals surface area contributed by atoms with Gasteiger partial charge in [0.15, 0.2) is 0 Å². The fourth-order valence-corrected chi connectivity index (χ4v) is 3.12. The maximum Gasteiger partial charge on any atom is 0.0637 e. The third-order valence-electron chi connectivity index (χ3n) is 3.68. The molecule has 0 aromatic heterocycles. The summed E-state index contributed by atoms with van der Waals surface area (Å²) in [6, 6.07) is 6.34. The normalized spacial score (nSPS) is 24.4. The summed E-state index contributed by atoms with van der Waals surface area (Å²) in [4.78, 5) is 2.29. The lowest BCUT2D eigenvalue weighted by Crippen LogP contribution is -2.36. The summed E-state index contributed by atoms with van der Waals surface area (Å²) in [5, 5.41) is 9.52. The van der Waals surface area contributed by atoms with Crippen molar-refractivity contribution >= 4 is 21.6 Å². The zero-order valence-corrected chi connectivity index (χ0v) is 11.7. The first-order valence-corrected chi connectivity index (χ1v) is 6.83. The highest BCUT2D eigenvalue weighted by atomic mass is 79.9. The van der Waals surface area contributed by atoms with Crippen LogP contribution >= 0.6 is 15.9 Å². The van der Waals surface area contributed by atoms with E-state index in [-0.39, 0.29) is 12.6 Å². The lowest BCUT2D eigenvalue weighted by atomic mass is 10.0. The summed E-state index contributed by atoms with van der Waals surface area (Å²) in [5.41, 5.74) is 8.10. The summed E-state index contributed by atoms with van der Waals surface area (Å²) in [6.45, 7) is 3.91. The molecule has 1 aromatic carbocycles. The SMILES string of the molecule is CC1CCN(c2cccc(Br)c2CN)C1CO. The van der Waals surface area contributed by atoms with Crippen molar-refractivity contribution in [3.63, 3.8) is 0 Å². The summed E-state index contributed by atoms with van der Waals surface area (Å²) in [7, 11) is 0. The predicted octanol–water partition coefficient (Wildman–Crippen LogP) is 2.11. The summed E-state index contributed by atoms with van der Waals surface area (Å²) < 4.78 is 1.05. The number of aliphatic hydroxyl groups is 1. The van der Waals surface area contributed by atoms with Gasteiger partial charge in [-0.15, -0.1) is 0 Å². The molecule has 1 aliphatic rings. The highest BCUT2D eigenvalue weighted by Gasteiger charge is 2.31. The first-order valence-electron chi connectivity index (χ1n) is 6.04. The van der Waals surface area contributed by atoms with Gasteiger partial charge in [-0.25, -0.2) is 0 Å². The molecule has 3 N–H and O–H groups in total. The van der Waals surface area contributed by atoms with Gasteiger partial charge in [0.1, 0.15) is 0 Å². The van der Waals surface area contributed by atoms with Crippen molar-refractivity contribution in [1.82, 2.24) is 0 Å². The van der Waals surface area contributed by atoms with Gasteiger partial charge in [-0.1, -0.05) is 28.9 Å². The van der Waals surface area contributed by atoms with Gasteiger partial charge >= 0.3 is 0 Å². The Balaban J connectivity index is 2.37. The second kappa shape index (κ2) is 5.38. The van der Waals surface area contributed by atoms with Crippen LogP contribution in [0.25, 0.3) is 0 Å². The van der Waals surface area contributed by atoms with Crippen molar-refractivity contribution in [2.45, 2.75) is 25.9 Å². The molecule has 0 spiro atoms. The van der Waals surface area contributed by atoms with E-state index in [1.54, 1.807) is 0 Å². The van der Waals surface area contributed by atoms with Gasteiger partial charge < -0.3 is 15.7 Å². The van der Waals surface area contributed by atoms with Crippen molar-refractivity contribution in [1.29, 1.82) is 0 Å². The molecule has 1 fully saturated rings. The molecule has 94 valence electrons. The Bertz CT molecular complexity index is 397. The van der Waals surface area contributed by atoms with Crippen molar-refractivity contribution in [2.24, 2.45) is 11.7 Å². The molecular weight excluding hydrogens is 280 g/mol. The average Bonchev–Trinajstić information content (AvgIpc) is 2.69. The van der Waals surface area contributed by atoms with Crippen molar-refractivity contribution in [3.05, 3.63) is 28.2 Å². The molecule has 0 bridgehead atoms. The minimum absolute atomic E-state index is 0.206. The molecule has 3 nitrogen and oxygen atoms in total. The first kappa shape index (κ1) is 12.9. The summed E-state index contributed by atoms with van der Waals surface area (Å²) in [5.74, 6) is 0.532. The van der Waals surface area contributed by atoms with Crippen molar-refractivity contribution in [2.75, 3.05) is 18.1 Å². The highest BCUT2D eigenvalue weighted by Crippen LogP contribution is 2.34. The van der Waals surface area contributed by atoms with Crippen LogP contribution in [0.3, 0.4) is 0 Å². The molecule has 0 radical (unpaired) electrons. The van der Waals surface area contributed by atoms with Gasteiger partial charge in [0.25, 0.3) is 0 Å². The molecule has 2 unspecified atom stereocenters. The standard InChI is InChI=1S/C13H19BrN2O/c1-9-5-6-16(13(9)8-17)12-4-2-3-11(14)10(12)7-15/h2-4,9,13,17H,5-8,15H2,1H3. The molecule has 2 rings (SSSR count). The highest BCUT2D eigenvalue weighted by molar-refractivity contribution is 9.10. The number of rotatable bonds is 3. The van der Waals surface area contributed by atoms with Crippen molar-refractivity contribution < 1.29 is 5.11 Å². The van der Waals surface area contributed by atoms with Gasteiger partial charge in [-0.3, -0.25) is 0 Å². The van der Waals surface area contributed by atoms with Crippen LogP contribution in [0.15, 0.2) is 22.7 Å². The largest absolute Gasteiger partial charge is 0.394 e. The average molecular weight is 299 g/mol. The van der Waals surface area contributed by atoms with E-state index < -0.39 is 0 Å². The molecule has 2 atom stereocenters. The van der Waals surface area contributed by atoms with E-state index >= 15 is 0 Å². The lowest BCUT2D eigenvalue weighted by Gasteiger charge is -2.29. The van der Waals surface area contributed by atoms with Crippen molar-refractivity contribution in [3.8, 4) is 0 Å². The number of benzene rings is 1. The summed E-state index contributed by atoms with van der Waals surface area (Å²) in [6.07, 6.45) is 1.13. The van der Waals surface area contributed by atoms with E-state index in [2.05, 4.69) is 33.8 Å². The van der Waals surface area contributed by atoms with Gasteiger partial charge in [0.2, 0.25) is 0 Å². The van der Waals surface area contributed by atoms with E-state index in [9.17, 15) is 5.11 Å².